The number of carbonyl (C=O) groups is 2. The van der Waals surface area contributed by atoms with E-state index in [4.69, 9.17) is 11.5 Å². The normalized spacial score (nSPS) is 11.8. The fourth-order valence-corrected chi connectivity index (χ4v) is 2.99. The van der Waals surface area contributed by atoms with Crippen LogP contribution in [0.3, 0.4) is 0 Å². The van der Waals surface area contributed by atoms with E-state index < -0.39 is 5.91 Å². The lowest BCUT2D eigenvalue weighted by atomic mass is 10.0. The van der Waals surface area contributed by atoms with Gasteiger partial charge in [0, 0.05) is 25.1 Å². The second-order valence-electron chi connectivity index (χ2n) is 7.05. The lowest BCUT2D eigenvalue weighted by Crippen LogP contribution is -2.32. The summed E-state index contributed by atoms with van der Waals surface area (Å²) in [5.74, 6) is -0.305. The number of aryl methyl sites for hydroxylation is 3. The van der Waals surface area contributed by atoms with Gasteiger partial charge in [0.15, 0.2) is 0 Å². The van der Waals surface area contributed by atoms with Crippen molar-refractivity contribution in [3.05, 3.63) is 58.4 Å². The minimum atomic E-state index is -0.520. The molecule has 30 heavy (non-hydrogen) atoms. The smallest absolute Gasteiger partial charge is 0.274 e. The third-order valence-corrected chi connectivity index (χ3v) is 4.72. The number of allylic oxidation sites excluding steroid dienone is 1. The molecular weight excluding hydrogens is 380 g/mol. The number of nitrogens with zero attached hydrogens (tertiary/aromatic N) is 3. The van der Waals surface area contributed by atoms with Gasteiger partial charge in [-0.25, -0.2) is 4.99 Å². The first-order chi connectivity index (χ1) is 14.3. The second-order valence-corrected chi connectivity index (χ2v) is 7.05. The molecule has 0 saturated carbocycles. The van der Waals surface area contributed by atoms with Crippen molar-refractivity contribution < 1.29 is 9.59 Å². The summed E-state index contributed by atoms with van der Waals surface area (Å²) in [6.07, 6.45) is 4.97. The molecule has 0 spiro atoms. The molecule has 160 valence electrons. The number of primary amides is 1. The Morgan fingerprint density at radius 3 is 2.57 bits per heavy atom. The average Bonchev–Trinajstić information content (AvgIpc) is 3.09. The maximum atomic E-state index is 12.9. The fourth-order valence-electron chi connectivity index (χ4n) is 2.99. The number of hydrogen-bond donors (Lipinski definition) is 3. The summed E-state index contributed by atoms with van der Waals surface area (Å²) in [6, 6.07) is 5.13. The van der Waals surface area contributed by atoms with Crippen molar-refractivity contribution in [3.63, 3.8) is 0 Å². The summed E-state index contributed by atoms with van der Waals surface area (Å²) in [6.45, 7) is 8.62. The van der Waals surface area contributed by atoms with Crippen molar-refractivity contribution in [2.45, 2.75) is 47.1 Å². The summed E-state index contributed by atoms with van der Waals surface area (Å²) < 4.78 is 1.65. The van der Waals surface area contributed by atoms with Crippen molar-refractivity contribution >= 4 is 23.3 Å². The maximum absolute atomic E-state index is 12.9. The maximum Gasteiger partial charge on any atom is 0.274 e. The molecule has 0 bridgehead atoms. The highest BCUT2D eigenvalue weighted by molar-refractivity contribution is 6.06. The highest BCUT2D eigenvalue weighted by Gasteiger charge is 2.16. The highest BCUT2D eigenvalue weighted by atomic mass is 16.2. The van der Waals surface area contributed by atoms with E-state index in [1.54, 1.807) is 22.9 Å². The number of carbonyl (C=O) groups excluding carboxylic acids is 2. The van der Waals surface area contributed by atoms with Crippen LogP contribution >= 0.6 is 0 Å². The van der Waals surface area contributed by atoms with Gasteiger partial charge in [-0.1, -0.05) is 12.2 Å². The zero-order valence-electron chi connectivity index (χ0n) is 18.0. The molecule has 0 aliphatic heterocycles. The average molecular weight is 411 g/mol. The van der Waals surface area contributed by atoms with Gasteiger partial charge in [0.25, 0.3) is 5.91 Å². The van der Waals surface area contributed by atoms with E-state index in [2.05, 4.69) is 15.4 Å². The number of amidine groups is 1. The van der Waals surface area contributed by atoms with Crippen LogP contribution in [0.4, 0.5) is 5.69 Å². The Balaban J connectivity index is 2.41. The molecule has 0 saturated heterocycles. The van der Waals surface area contributed by atoms with Crippen LogP contribution in [0.25, 0.3) is 0 Å². The van der Waals surface area contributed by atoms with E-state index in [0.717, 1.165) is 16.8 Å². The number of amides is 2. The Bertz CT molecular complexity index is 988. The lowest BCUT2D eigenvalue weighted by Gasteiger charge is -2.12. The number of hydrogen-bond acceptors (Lipinski definition) is 5. The van der Waals surface area contributed by atoms with Gasteiger partial charge in [-0.3, -0.25) is 14.3 Å². The van der Waals surface area contributed by atoms with Crippen molar-refractivity contribution in [1.82, 2.24) is 15.1 Å². The molecule has 1 aromatic heterocycles. The molecule has 2 aromatic rings. The van der Waals surface area contributed by atoms with Crippen LogP contribution in [-0.2, 0) is 6.54 Å². The van der Waals surface area contributed by atoms with Crippen LogP contribution in [0.15, 0.2) is 35.3 Å². The first-order valence-electron chi connectivity index (χ1n) is 9.96. The summed E-state index contributed by atoms with van der Waals surface area (Å²) in [5, 5.41) is 7.24. The summed E-state index contributed by atoms with van der Waals surface area (Å²) >= 11 is 0. The summed E-state index contributed by atoms with van der Waals surface area (Å²) in [5.41, 5.74) is 15.0. The van der Waals surface area contributed by atoms with Crippen molar-refractivity contribution in [2.24, 2.45) is 16.5 Å². The van der Waals surface area contributed by atoms with E-state index in [1.807, 2.05) is 39.8 Å². The molecule has 8 heteroatoms. The molecule has 1 aromatic carbocycles. The van der Waals surface area contributed by atoms with Crippen LogP contribution in [-0.4, -0.2) is 34.0 Å². The molecule has 2 rings (SSSR count). The van der Waals surface area contributed by atoms with E-state index in [9.17, 15) is 9.59 Å². The number of aromatic nitrogens is 2. The Kier molecular flexibility index (Phi) is 8.06. The minimum absolute atomic E-state index is 0.278. The van der Waals surface area contributed by atoms with E-state index in [0.29, 0.717) is 48.7 Å². The van der Waals surface area contributed by atoms with Gasteiger partial charge in [-0.15, -0.1) is 0 Å². The number of nitrogens with one attached hydrogen (secondary N) is 1. The fraction of sp³-hybridized carbons (Fsp3) is 0.364. The van der Waals surface area contributed by atoms with E-state index in [-0.39, 0.29) is 5.91 Å². The molecule has 1 heterocycles. The SMILES string of the molecule is CCn1nc(C)cc1C(=O)N/C(CC/C=C/CN)=N/c1cc(C(N)=O)cc(C)c1C. The molecule has 0 aliphatic carbocycles. The second kappa shape index (κ2) is 10.5. The predicted octanol–water partition coefficient (Wildman–Crippen LogP) is 2.68. The Morgan fingerprint density at radius 1 is 1.20 bits per heavy atom. The topological polar surface area (TPSA) is 128 Å². The third kappa shape index (κ3) is 5.87. The highest BCUT2D eigenvalue weighted by Crippen LogP contribution is 2.24. The molecule has 2 amide bonds. The quantitative estimate of drug-likeness (QED) is 0.351. The van der Waals surface area contributed by atoms with E-state index >= 15 is 0 Å². The van der Waals surface area contributed by atoms with Gasteiger partial charge in [-0.2, -0.15) is 5.10 Å². The Labute approximate surface area is 177 Å². The van der Waals surface area contributed by atoms with Crippen molar-refractivity contribution in [1.29, 1.82) is 0 Å². The zero-order chi connectivity index (χ0) is 22.3. The Hall–Kier alpha value is -3.26. The number of benzene rings is 1. The summed E-state index contributed by atoms with van der Waals surface area (Å²) in [4.78, 5) is 29.2. The zero-order valence-corrected chi connectivity index (χ0v) is 18.0. The van der Waals surface area contributed by atoms with Gasteiger partial charge in [0.1, 0.15) is 11.5 Å². The monoisotopic (exact) mass is 410 g/mol. The van der Waals surface area contributed by atoms with Crippen molar-refractivity contribution in [2.75, 3.05) is 6.54 Å². The number of rotatable bonds is 8. The minimum Gasteiger partial charge on any atom is -0.366 e. The molecule has 0 aliphatic rings. The predicted molar refractivity (Wildman–Crippen MR) is 119 cm³/mol. The standard InChI is InChI=1S/C22H30N6O2/c1-5-28-19(12-15(3)27-28)22(30)26-20(9-7-6-8-10-23)25-18-13-17(21(24)29)11-14(2)16(18)4/h6,8,11-13H,5,7,9-10,23H2,1-4H3,(H2,24,29)(H,25,26,30)/b8-6+. The Morgan fingerprint density at radius 2 is 1.93 bits per heavy atom. The molecule has 0 radical (unpaired) electrons. The lowest BCUT2D eigenvalue weighted by molar-refractivity contribution is 0.0964. The van der Waals surface area contributed by atoms with Gasteiger partial charge in [0.2, 0.25) is 5.91 Å². The van der Waals surface area contributed by atoms with Crippen LogP contribution in [0.2, 0.25) is 0 Å². The molecule has 0 atom stereocenters. The van der Waals surface area contributed by atoms with Crippen LogP contribution in [0.5, 0.6) is 0 Å². The number of nitrogens with two attached hydrogens (primary N) is 2. The van der Waals surface area contributed by atoms with E-state index in [1.165, 1.54) is 0 Å². The van der Waals surface area contributed by atoms with Crippen LogP contribution in [0.1, 0.15) is 57.4 Å². The number of aliphatic imine (C=N–C) groups is 1. The van der Waals surface area contributed by atoms with Crippen LogP contribution < -0.4 is 16.8 Å². The first kappa shape index (κ1) is 23.0. The molecule has 8 nitrogen and oxygen atoms in total. The summed E-state index contributed by atoms with van der Waals surface area (Å²) in [7, 11) is 0. The molecule has 0 fully saturated rings. The van der Waals surface area contributed by atoms with Crippen LogP contribution in [0, 0.1) is 20.8 Å². The first-order valence-corrected chi connectivity index (χ1v) is 9.96. The molecular formula is C22H30N6O2. The van der Waals surface area contributed by atoms with Gasteiger partial charge < -0.3 is 16.8 Å². The van der Waals surface area contributed by atoms with Gasteiger partial charge in [0.05, 0.1) is 11.4 Å². The third-order valence-electron chi connectivity index (χ3n) is 4.72. The molecule has 0 unspecified atom stereocenters. The van der Waals surface area contributed by atoms with Gasteiger partial charge >= 0.3 is 0 Å². The largest absolute Gasteiger partial charge is 0.366 e. The van der Waals surface area contributed by atoms with Crippen molar-refractivity contribution in [3.8, 4) is 0 Å². The molecule has 5 N–H and O–H groups in total. The van der Waals surface area contributed by atoms with Gasteiger partial charge in [-0.05, 0) is 63.4 Å².